The van der Waals surface area contributed by atoms with Crippen molar-refractivity contribution in [3.63, 3.8) is 0 Å². The summed E-state index contributed by atoms with van der Waals surface area (Å²) in [4.78, 5) is 18.5. The van der Waals surface area contributed by atoms with Crippen molar-refractivity contribution in [3.8, 4) is 10.6 Å². The molecular weight excluding hydrogens is 224 g/mol. The second-order valence-electron chi connectivity index (χ2n) is 2.98. The SMILES string of the molecule is O=C(O)/C=C/c1csc(-c2ccncc2)n1. The summed E-state index contributed by atoms with van der Waals surface area (Å²) in [6, 6.07) is 3.73. The van der Waals surface area contributed by atoms with Gasteiger partial charge in [0.15, 0.2) is 0 Å². The molecule has 2 aromatic rings. The van der Waals surface area contributed by atoms with Crippen LogP contribution in [0.15, 0.2) is 36.0 Å². The first-order chi connectivity index (χ1) is 7.75. The van der Waals surface area contributed by atoms with Gasteiger partial charge in [-0.2, -0.15) is 0 Å². The molecule has 0 amide bonds. The molecule has 0 aliphatic heterocycles. The largest absolute Gasteiger partial charge is 0.478 e. The average molecular weight is 232 g/mol. The Kier molecular flexibility index (Phi) is 3.07. The van der Waals surface area contributed by atoms with E-state index < -0.39 is 5.97 Å². The van der Waals surface area contributed by atoms with Crippen LogP contribution in [0.5, 0.6) is 0 Å². The fourth-order valence-corrected chi connectivity index (χ4v) is 1.94. The lowest BCUT2D eigenvalue weighted by atomic mass is 10.3. The van der Waals surface area contributed by atoms with E-state index in [2.05, 4.69) is 9.97 Å². The lowest BCUT2D eigenvalue weighted by molar-refractivity contribution is -0.131. The van der Waals surface area contributed by atoms with Crippen LogP contribution in [0.1, 0.15) is 5.69 Å². The molecule has 5 heteroatoms. The van der Waals surface area contributed by atoms with Gasteiger partial charge >= 0.3 is 5.97 Å². The summed E-state index contributed by atoms with van der Waals surface area (Å²) in [5, 5.41) is 11.1. The second kappa shape index (κ2) is 4.67. The molecule has 0 aliphatic rings. The fourth-order valence-electron chi connectivity index (χ4n) is 1.15. The predicted octanol–water partition coefficient (Wildman–Crippen LogP) is 2.30. The highest BCUT2D eigenvalue weighted by atomic mass is 32.1. The van der Waals surface area contributed by atoms with Gasteiger partial charge in [-0.25, -0.2) is 9.78 Å². The fraction of sp³-hybridized carbons (Fsp3) is 0. The van der Waals surface area contributed by atoms with Crippen LogP contribution in [0.25, 0.3) is 16.6 Å². The van der Waals surface area contributed by atoms with Crippen LogP contribution in [-0.2, 0) is 4.79 Å². The van der Waals surface area contributed by atoms with Gasteiger partial charge in [-0.1, -0.05) is 0 Å². The number of carboxylic acid groups (broad SMARTS) is 1. The van der Waals surface area contributed by atoms with Crippen LogP contribution in [0.4, 0.5) is 0 Å². The van der Waals surface area contributed by atoms with Crippen LogP contribution in [0.2, 0.25) is 0 Å². The van der Waals surface area contributed by atoms with E-state index in [9.17, 15) is 4.79 Å². The van der Waals surface area contributed by atoms with Gasteiger partial charge in [0.2, 0.25) is 0 Å². The lowest BCUT2D eigenvalue weighted by Gasteiger charge is -1.92. The van der Waals surface area contributed by atoms with Gasteiger partial charge in [0, 0.05) is 29.4 Å². The van der Waals surface area contributed by atoms with Crippen molar-refractivity contribution in [1.82, 2.24) is 9.97 Å². The third-order valence-electron chi connectivity index (χ3n) is 1.85. The van der Waals surface area contributed by atoms with Crippen LogP contribution < -0.4 is 0 Å². The first kappa shape index (κ1) is 10.5. The highest BCUT2D eigenvalue weighted by Crippen LogP contribution is 2.23. The number of aliphatic carboxylic acids is 1. The number of pyridine rings is 1. The summed E-state index contributed by atoms with van der Waals surface area (Å²) < 4.78 is 0. The van der Waals surface area contributed by atoms with E-state index in [4.69, 9.17) is 5.11 Å². The Balaban J connectivity index is 2.23. The van der Waals surface area contributed by atoms with Gasteiger partial charge in [-0.15, -0.1) is 11.3 Å². The van der Waals surface area contributed by atoms with Crippen LogP contribution >= 0.6 is 11.3 Å². The van der Waals surface area contributed by atoms with Crippen molar-refractivity contribution in [3.05, 3.63) is 41.7 Å². The van der Waals surface area contributed by atoms with Crippen molar-refractivity contribution in [2.75, 3.05) is 0 Å². The molecule has 2 aromatic heterocycles. The minimum absolute atomic E-state index is 0.652. The first-order valence-electron chi connectivity index (χ1n) is 4.52. The Morgan fingerprint density at radius 2 is 2.12 bits per heavy atom. The minimum atomic E-state index is -0.974. The molecule has 0 unspecified atom stereocenters. The molecule has 0 saturated carbocycles. The standard InChI is InChI=1S/C11H8N2O2S/c14-10(15)2-1-9-7-16-11(13-9)8-3-5-12-6-4-8/h1-7H,(H,14,15)/b2-1+. The van der Waals surface area contributed by atoms with E-state index in [0.717, 1.165) is 16.6 Å². The quantitative estimate of drug-likeness (QED) is 0.825. The third kappa shape index (κ3) is 2.52. The van der Waals surface area contributed by atoms with Crippen LogP contribution in [0, 0.1) is 0 Å². The molecule has 0 spiro atoms. The lowest BCUT2D eigenvalue weighted by Crippen LogP contribution is -1.85. The van der Waals surface area contributed by atoms with Crippen molar-refractivity contribution < 1.29 is 9.90 Å². The molecule has 4 nitrogen and oxygen atoms in total. The second-order valence-corrected chi connectivity index (χ2v) is 3.84. The molecule has 0 aliphatic carbocycles. The molecule has 0 atom stereocenters. The number of aromatic nitrogens is 2. The predicted molar refractivity (Wildman–Crippen MR) is 62.0 cm³/mol. The van der Waals surface area contributed by atoms with Gasteiger partial charge in [-0.3, -0.25) is 4.98 Å². The Morgan fingerprint density at radius 1 is 1.38 bits per heavy atom. The number of hydrogen-bond acceptors (Lipinski definition) is 4. The smallest absolute Gasteiger partial charge is 0.328 e. The molecule has 16 heavy (non-hydrogen) atoms. The van der Waals surface area contributed by atoms with Gasteiger partial charge in [0.05, 0.1) is 5.69 Å². The Bertz CT molecular complexity index is 520. The van der Waals surface area contributed by atoms with Crippen LogP contribution in [0.3, 0.4) is 0 Å². The Morgan fingerprint density at radius 3 is 2.81 bits per heavy atom. The van der Waals surface area contributed by atoms with E-state index in [1.165, 1.54) is 17.4 Å². The third-order valence-corrected chi connectivity index (χ3v) is 2.76. The maximum absolute atomic E-state index is 10.3. The van der Waals surface area contributed by atoms with Gasteiger partial charge < -0.3 is 5.11 Å². The summed E-state index contributed by atoms with van der Waals surface area (Å²) in [7, 11) is 0. The molecule has 2 rings (SSSR count). The van der Waals surface area contributed by atoms with Crippen molar-refractivity contribution in [2.24, 2.45) is 0 Å². The topological polar surface area (TPSA) is 63.1 Å². The average Bonchev–Trinajstić information content (AvgIpc) is 2.76. The molecule has 80 valence electrons. The van der Waals surface area contributed by atoms with E-state index in [0.29, 0.717) is 5.69 Å². The van der Waals surface area contributed by atoms with Crippen molar-refractivity contribution in [2.45, 2.75) is 0 Å². The highest BCUT2D eigenvalue weighted by molar-refractivity contribution is 7.13. The number of hydrogen-bond donors (Lipinski definition) is 1. The number of thiazole rings is 1. The molecular formula is C11H8N2O2S. The van der Waals surface area contributed by atoms with Crippen molar-refractivity contribution >= 4 is 23.4 Å². The van der Waals surface area contributed by atoms with E-state index in [1.54, 1.807) is 12.4 Å². The highest BCUT2D eigenvalue weighted by Gasteiger charge is 2.02. The zero-order valence-electron chi connectivity index (χ0n) is 8.20. The first-order valence-corrected chi connectivity index (χ1v) is 5.40. The van der Waals surface area contributed by atoms with Gasteiger partial charge in [0.25, 0.3) is 0 Å². The molecule has 0 saturated heterocycles. The summed E-state index contributed by atoms with van der Waals surface area (Å²) in [6.45, 7) is 0. The zero-order chi connectivity index (χ0) is 11.4. The molecule has 0 aromatic carbocycles. The number of rotatable bonds is 3. The molecule has 1 N–H and O–H groups in total. The summed E-state index contributed by atoms with van der Waals surface area (Å²) in [5.74, 6) is -0.974. The van der Waals surface area contributed by atoms with Crippen LogP contribution in [-0.4, -0.2) is 21.0 Å². The van der Waals surface area contributed by atoms with Gasteiger partial charge in [-0.05, 0) is 18.2 Å². The molecule has 0 radical (unpaired) electrons. The van der Waals surface area contributed by atoms with E-state index in [1.807, 2.05) is 17.5 Å². The number of carbonyl (C=O) groups is 1. The normalized spacial score (nSPS) is 10.8. The summed E-state index contributed by atoms with van der Waals surface area (Å²) in [6.07, 6.45) is 5.95. The molecule has 2 heterocycles. The molecule has 0 bridgehead atoms. The number of nitrogens with zero attached hydrogens (tertiary/aromatic N) is 2. The maximum Gasteiger partial charge on any atom is 0.328 e. The number of carboxylic acids is 1. The zero-order valence-corrected chi connectivity index (χ0v) is 9.02. The summed E-state index contributed by atoms with van der Waals surface area (Å²) >= 11 is 1.47. The van der Waals surface area contributed by atoms with Gasteiger partial charge in [0.1, 0.15) is 5.01 Å². The monoisotopic (exact) mass is 232 g/mol. The summed E-state index contributed by atoms with van der Waals surface area (Å²) in [5.41, 5.74) is 1.63. The van der Waals surface area contributed by atoms with E-state index >= 15 is 0 Å². The van der Waals surface area contributed by atoms with Crippen molar-refractivity contribution in [1.29, 1.82) is 0 Å². The minimum Gasteiger partial charge on any atom is -0.478 e. The Labute approximate surface area is 95.9 Å². The maximum atomic E-state index is 10.3. The molecule has 0 fully saturated rings. The van der Waals surface area contributed by atoms with E-state index in [-0.39, 0.29) is 0 Å². The Hall–Kier alpha value is -2.01.